The molecule has 226 valence electrons. The van der Waals surface area contributed by atoms with Crippen LogP contribution < -0.4 is 9.80 Å². The summed E-state index contributed by atoms with van der Waals surface area (Å²) in [5.41, 5.74) is 4.01. The molecule has 0 spiro atoms. The lowest BCUT2D eigenvalue weighted by Gasteiger charge is -2.29. The van der Waals surface area contributed by atoms with E-state index in [0.717, 1.165) is 62.2 Å². The van der Waals surface area contributed by atoms with Crippen molar-refractivity contribution in [1.29, 1.82) is 0 Å². The molecular weight excluding hydrogens is 571 g/mol. The summed E-state index contributed by atoms with van der Waals surface area (Å²) >= 11 is 0. The number of benzene rings is 2. The van der Waals surface area contributed by atoms with E-state index in [1.165, 1.54) is 29.1 Å². The fourth-order valence-corrected chi connectivity index (χ4v) is 5.22. The highest BCUT2D eigenvalue weighted by molar-refractivity contribution is 5.85. The Balaban J connectivity index is 0.00000484. The van der Waals surface area contributed by atoms with Crippen LogP contribution >= 0.6 is 12.4 Å². The molecule has 4 rings (SSSR count). The summed E-state index contributed by atoms with van der Waals surface area (Å²) in [7, 11) is 3.01. The molecule has 2 aromatic carbocycles. The van der Waals surface area contributed by atoms with Crippen LogP contribution in [0.15, 0.2) is 30.3 Å². The van der Waals surface area contributed by atoms with Gasteiger partial charge in [0, 0.05) is 43.9 Å². The van der Waals surface area contributed by atoms with Crippen molar-refractivity contribution in [3.05, 3.63) is 69.6 Å². The number of hydrogen-bond acceptors (Lipinski definition) is 7. The average molecular weight is 606 g/mol. The zero-order chi connectivity index (χ0) is 29.6. The topological polar surface area (TPSA) is 80.7 Å². The van der Waals surface area contributed by atoms with E-state index in [-0.39, 0.29) is 36.6 Å². The SMILES string of the molecule is Cl.[C-]#[N+]c1cc(CN(Cc2cc3c(cc2N(CC)CCCCC(=O)OC)CCC3)c2nnn(C)n2)cc(C(F)(F)F)c1. The second-order valence-corrected chi connectivity index (χ2v) is 10.1. The number of anilines is 2. The molecule has 0 fully saturated rings. The number of carbonyl (C=O) groups is 1. The van der Waals surface area contributed by atoms with E-state index in [9.17, 15) is 18.0 Å². The van der Waals surface area contributed by atoms with Crippen molar-refractivity contribution in [2.24, 2.45) is 7.05 Å². The first kappa shape index (κ1) is 32.7. The molecule has 42 heavy (non-hydrogen) atoms. The van der Waals surface area contributed by atoms with Gasteiger partial charge in [-0.3, -0.25) is 4.79 Å². The monoisotopic (exact) mass is 605 g/mol. The van der Waals surface area contributed by atoms with Crippen molar-refractivity contribution in [2.75, 3.05) is 30.0 Å². The van der Waals surface area contributed by atoms with Crippen LogP contribution in [0.2, 0.25) is 0 Å². The molecule has 1 aliphatic rings. The number of halogens is 4. The molecule has 0 saturated heterocycles. The van der Waals surface area contributed by atoms with Gasteiger partial charge in [-0.15, -0.1) is 17.5 Å². The number of carbonyl (C=O) groups excluding carboxylic acids is 1. The average Bonchev–Trinajstić information content (AvgIpc) is 3.60. The predicted molar refractivity (Wildman–Crippen MR) is 156 cm³/mol. The Morgan fingerprint density at radius 2 is 1.83 bits per heavy atom. The third kappa shape index (κ3) is 8.12. The van der Waals surface area contributed by atoms with Gasteiger partial charge in [-0.1, -0.05) is 17.2 Å². The van der Waals surface area contributed by atoms with Crippen molar-refractivity contribution in [2.45, 2.75) is 64.7 Å². The fraction of sp³-hybridized carbons (Fsp3) is 0.483. The number of alkyl halides is 3. The van der Waals surface area contributed by atoms with Crippen LogP contribution in [-0.4, -0.2) is 46.4 Å². The summed E-state index contributed by atoms with van der Waals surface area (Å²) in [4.78, 5) is 20.2. The predicted octanol–water partition coefficient (Wildman–Crippen LogP) is 6.07. The summed E-state index contributed by atoms with van der Waals surface area (Å²) in [5.74, 6) is 0.0520. The van der Waals surface area contributed by atoms with Crippen LogP contribution in [-0.2, 0) is 48.7 Å². The van der Waals surface area contributed by atoms with Crippen LogP contribution in [0.5, 0.6) is 0 Å². The van der Waals surface area contributed by atoms with Gasteiger partial charge in [0.25, 0.3) is 5.95 Å². The molecule has 0 amide bonds. The quantitative estimate of drug-likeness (QED) is 0.141. The Hall–Kier alpha value is -3.85. The van der Waals surface area contributed by atoms with Gasteiger partial charge in [-0.05, 0) is 84.7 Å². The molecule has 3 aromatic rings. The first-order valence-corrected chi connectivity index (χ1v) is 13.6. The molecular formula is C29H35ClF3N7O2. The van der Waals surface area contributed by atoms with Crippen LogP contribution in [0.25, 0.3) is 4.85 Å². The molecule has 0 unspecified atom stereocenters. The van der Waals surface area contributed by atoms with Gasteiger partial charge in [0.15, 0.2) is 5.69 Å². The Bertz CT molecular complexity index is 1420. The lowest BCUT2D eigenvalue weighted by atomic mass is 10.0. The number of methoxy groups -OCH3 is 1. The van der Waals surface area contributed by atoms with Crippen LogP contribution in [0.4, 0.5) is 30.5 Å². The molecule has 1 aromatic heterocycles. The minimum Gasteiger partial charge on any atom is -0.469 e. The largest absolute Gasteiger partial charge is 0.469 e. The number of aromatic nitrogens is 4. The highest BCUT2D eigenvalue weighted by atomic mass is 35.5. The molecule has 0 atom stereocenters. The third-order valence-corrected chi connectivity index (χ3v) is 7.25. The Morgan fingerprint density at radius 3 is 2.45 bits per heavy atom. The number of hydrogen-bond donors (Lipinski definition) is 0. The lowest BCUT2D eigenvalue weighted by Crippen LogP contribution is -2.29. The van der Waals surface area contributed by atoms with E-state index in [1.807, 2.05) is 0 Å². The van der Waals surface area contributed by atoms with Gasteiger partial charge in [0.1, 0.15) is 0 Å². The third-order valence-electron chi connectivity index (χ3n) is 7.25. The standard InChI is InChI=1S/C29H34F3N7O2.ClH/c1-5-38(12-7-6-11-27(40)41-4)26-16-22-10-8-9-21(22)15-23(26)19-39(28-34-36-37(3)35-28)18-20-13-24(29(30,31)32)17-25(14-20)33-2;/h13-17H,5-12,18-19H2,1,3-4H3;1H. The number of unbranched alkanes of at least 4 members (excludes halogenated alkanes) is 1. The molecule has 0 saturated carbocycles. The van der Waals surface area contributed by atoms with E-state index in [4.69, 9.17) is 11.3 Å². The number of ether oxygens (including phenoxy) is 1. The van der Waals surface area contributed by atoms with Crippen molar-refractivity contribution >= 4 is 35.7 Å². The first-order valence-electron chi connectivity index (χ1n) is 13.6. The summed E-state index contributed by atoms with van der Waals surface area (Å²) < 4.78 is 45.6. The van der Waals surface area contributed by atoms with Crippen molar-refractivity contribution < 1.29 is 22.7 Å². The maximum Gasteiger partial charge on any atom is 0.415 e. The van der Waals surface area contributed by atoms with E-state index >= 15 is 0 Å². The summed E-state index contributed by atoms with van der Waals surface area (Å²) in [6.07, 6.45) is 0.342. The number of aryl methyl sites for hydroxylation is 3. The number of rotatable bonds is 12. The molecule has 0 aliphatic heterocycles. The van der Waals surface area contributed by atoms with E-state index in [1.54, 1.807) is 11.9 Å². The Morgan fingerprint density at radius 1 is 1.10 bits per heavy atom. The second-order valence-electron chi connectivity index (χ2n) is 10.1. The van der Waals surface area contributed by atoms with Gasteiger partial charge in [-0.25, -0.2) is 4.85 Å². The summed E-state index contributed by atoms with van der Waals surface area (Å²) in [6.45, 7) is 11.3. The van der Waals surface area contributed by atoms with Crippen LogP contribution in [0, 0.1) is 6.57 Å². The Labute approximate surface area is 249 Å². The first-order chi connectivity index (χ1) is 19.6. The second kappa shape index (κ2) is 14.4. The molecule has 0 N–H and O–H groups in total. The lowest BCUT2D eigenvalue weighted by molar-refractivity contribution is -0.140. The molecule has 1 aliphatic carbocycles. The van der Waals surface area contributed by atoms with Gasteiger partial charge in [0.05, 0.1) is 20.7 Å². The molecule has 0 radical (unpaired) electrons. The molecule has 1 heterocycles. The number of tetrazole rings is 1. The zero-order valence-electron chi connectivity index (χ0n) is 23.9. The molecule has 9 nitrogen and oxygen atoms in total. The van der Waals surface area contributed by atoms with Gasteiger partial charge < -0.3 is 14.5 Å². The molecule has 0 bridgehead atoms. The maximum absolute atomic E-state index is 13.6. The van der Waals surface area contributed by atoms with Gasteiger partial charge in [0.2, 0.25) is 0 Å². The van der Waals surface area contributed by atoms with E-state index in [0.29, 0.717) is 24.9 Å². The number of fused-ring (bicyclic) bond motifs is 1. The number of nitrogens with zero attached hydrogens (tertiary/aromatic N) is 7. The van der Waals surface area contributed by atoms with E-state index in [2.05, 4.69) is 44.2 Å². The fourth-order valence-electron chi connectivity index (χ4n) is 5.22. The summed E-state index contributed by atoms with van der Waals surface area (Å²) in [5, 5.41) is 12.5. The minimum atomic E-state index is -4.58. The summed E-state index contributed by atoms with van der Waals surface area (Å²) in [6, 6.07) is 7.81. The highest BCUT2D eigenvalue weighted by Gasteiger charge is 2.31. The minimum absolute atomic E-state index is 0. The van der Waals surface area contributed by atoms with Gasteiger partial charge >= 0.3 is 12.1 Å². The smallest absolute Gasteiger partial charge is 0.415 e. The van der Waals surface area contributed by atoms with Crippen molar-refractivity contribution in [1.82, 2.24) is 20.2 Å². The van der Waals surface area contributed by atoms with Crippen molar-refractivity contribution in [3.8, 4) is 0 Å². The van der Waals surface area contributed by atoms with Gasteiger partial charge in [-0.2, -0.15) is 18.0 Å². The highest BCUT2D eigenvalue weighted by Crippen LogP contribution is 2.35. The zero-order valence-corrected chi connectivity index (χ0v) is 24.8. The van der Waals surface area contributed by atoms with Crippen LogP contribution in [0.3, 0.4) is 0 Å². The van der Waals surface area contributed by atoms with Crippen LogP contribution in [0.1, 0.15) is 60.4 Å². The number of esters is 1. The van der Waals surface area contributed by atoms with Crippen molar-refractivity contribution in [3.63, 3.8) is 0 Å². The normalized spacial score (nSPS) is 12.3. The Kier molecular flexibility index (Phi) is 11.2. The molecule has 13 heteroatoms. The maximum atomic E-state index is 13.6. The van der Waals surface area contributed by atoms with E-state index < -0.39 is 11.7 Å².